The van der Waals surface area contributed by atoms with Crippen molar-refractivity contribution in [3.8, 4) is 0 Å². The number of nitrogens with zero attached hydrogens (tertiary/aromatic N) is 1. The predicted molar refractivity (Wildman–Crippen MR) is 115 cm³/mol. The summed E-state index contributed by atoms with van der Waals surface area (Å²) < 4.78 is 5.71. The van der Waals surface area contributed by atoms with E-state index in [0.717, 1.165) is 11.1 Å². The predicted octanol–water partition coefficient (Wildman–Crippen LogP) is 4.98. The van der Waals surface area contributed by atoms with Gasteiger partial charge in [-0.05, 0) is 42.5 Å². The van der Waals surface area contributed by atoms with E-state index in [0.29, 0.717) is 37.3 Å². The molecule has 0 saturated carbocycles. The molecule has 0 aromatic heterocycles. The highest BCUT2D eigenvalue weighted by molar-refractivity contribution is 6.30. The van der Waals surface area contributed by atoms with Gasteiger partial charge in [-0.1, -0.05) is 66.2 Å². The minimum absolute atomic E-state index is 0.0437. The van der Waals surface area contributed by atoms with E-state index >= 15 is 0 Å². The van der Waals surface area contributed by atoms with Crippen LogP contribution in [0.25, 0.3) is 0 Å². The van der Waals surface area contributed by atoms with E-state index < -0.39 is 6.10 Å². The zero-order valence-corrected chi connectivity index (χ0v) is 17.3. The zero-order valence-electron chi connectivity index (χ0n) is 16.6. The summed E-state index contributed by atoms with van der Waals surface area (Å²) in [5, 5.41) is 0.684. The van der Waals surface area contributed by atoms with Crippen LogP contribution >= 0.6 is 11.6 Å². The first-order valence-electron chi connectivity index (χ1n) is 9.92. The number of rotatable bonds is 3. The fourth-order valence-electron chi connectivity index (χ4n) is 3.50. The second kappa shape index (κ2) is 10.3. The number of ether oxygens (including phenoxy) is 1. The van der Waals surface area contributed by atoms with Crippen LogP contribution in [-0.4, -0.2) is 30.4 Å². The first-order valence-corrected chi connectivity index (χ1v) is 10.3. The van der Waals surface area contributed by atoms with Gasteiger partial charge in [0.05, 0.1) is 6.54 Å². The molecular weight excluding hydrogens is 386 g/mol. The quantitative estimate of drug-likeness (QED) is 0.528. The molecule has 0 saturated heterocycles. The molecule has 152 valence electrons. The van der Waals surface area contributed by atoms with Crippen molar-refractivity contribution in [2.45, 2.75) is 31.8 Å². The summed E-state index contributed by atoms with van der Waals surface area (Å²) in [6.07, 6.45) is 5.70. The Morgan fingerprint density at radius 3 is 2.48 bits per heavy atom. The lowest BCUT2D eigenvalue weighted by molar-refractivity contribution is -0.152. The van der Waals surface area contributed by atoms with Crippen molar-refractivity contribution < 1.29 is 14.3 Å². The molecule has 3 rings (SSSR count). The Labute approximate surface area is 177 Å². The molecular formula is C24H26ClNO3. The summed E-state index contributed by atoms with van der Waals surface area (Å²) in [6.45, 7) is 0.329. The Morgan fingerprint density at radius 1 is 1.03 bits per heavy atom. The van der Waals surface area contributed by atoms with Crippen molar-refractivity contribution in [3.05, 3.63) is 82.9 Å². The third-order valence-electron chi connectivity index (χ3n) is 5.11. The van der Waals surface area contributed by atoms with Crippen molar-refractivity contribution in [1.29, 1.82) is 0 Å². The maximum absolute atomic E-state index is 13.2. The van der Waals surface area contributed by atoms with Crippen LogP contribution in [0.1, 0.15) is 36.5 Å². The van der Waals surface area contributed by atoms with Crippen LogP contribution in [0.5, 0.6) is 0 Å². The summed E-state index contributed by atoms with van der Waals surface area (Å²) >= 11 is 5.99. The number of amides is 1. The van der Waals surface area contributed by atoms with Crippen LogP contribution in [0, 0.1) is 5.92 Å². The first kappa shape index (κ1) is 21.1. The summed E-state index contributed by atoms with van der Waals surface area (Å²) in [4.78, 5) is 27.1. The van der Waals surface area contributed by atoms with Gasteiger partial charge in [0, 0.05) is 24.4 Å². The highest BCUT2D eigenvalue weighted by Gasteiger charge is 2.26. The van der Waals surface area contributed by atoms with Crippen molar-refractivity contribution in [3.63, 3.8) is 0 Å². The molecule has 2 atom stereocenters. The van der Waals surface area contributed by atoms with Crippen molar-refractivity contribution >= 4 is 23.5 Å². The maximum Gasteiger partial charge on any atom is 0.306 e. The molecule has 0 aliphatic carbocycles. The van der Waals surface area contributed by atoms with Gasteiger partial charge in [-0.15, -0.1) is 0 Å². The Kier molecular flexibility index (Phi) is 7.48. The number of carbonyl (C=O) groups excluding carboxylic acids is 2. The van der Waals surface area contributed by atoms with Crippen molar-refractivity contribution in [1.82, 2.24) is 4.90 Å². The smallest absolute Gasteiger partial charge is 0.306 e. The molecule has 0 spiro atoms. The number of allylic oxidation sites excluding steroid dienone is 2. The zero-order chi connectivity index (χ0) is 20.6. The van der Waals surface area contributed by atoms with Gasteiger partial charge in [-0.3, -0.25) is 9.59 Å². The fraction of sp³-hybridized carbons (Fsp3) is 0.333. The fourth-order valence-corrected chi connectivity index (χ4v) is 3.63. The molecule has 0 radical (unpaired) electrons. The molecule has 1 aliphatic rings. The van der Waals surface area contributed by atoms with Crippen LogP contribution in [-0.2, 0) is 20.7 Å². The Morgan fingerprint density at radius 2 is 1.76 bits per heavy atom. The Bertz CT molecular complexity index is 848. The highest BCUT2D eigenvalue weighted by atomic mass is 35.5. The molecule has 1 heterocycles. The van der Waals surface area contributed by atoms with Gasteiger partial charge in [0.25, 0.3) is 0 Å². The first-order chi connectivity index (χ1) is 14.0. The highest BCUT2D eigenvalue weighted by Crippen LogP contribution is 2.23. The standard InChI is InChI=1S/C24H26ClNO3/c1-26-17-22(19-8-4-2-5-9-19)29-23(27)11-7-3-6-10-20(24(26)28)16-18-12-14-21(25)15-13-18/h2-6,8-9,12-15,20,22H,7,10-11,16-17H2,1H3/b6-3+/t20-,22-/m0/s1. The monoisotopic (exact) mass is 411 g/mol. The summed E-state index contributed by atoms with van der Waals surface area (Å²) in [5.41, 5.74) is 1.97. The number of hydrogen-bond acceptors (Lipinski definition) is 3. The van der Waals surface area contributed by atoms with Crippen molar-refractivity contribution in [2.24, 2.45) is 5.92 Å². The number of likely N-dealkylation sites (N-methyl/N-ethyl adjacent to an activating group) is 1. The molecule has 2 aromatic rings. The van der Waals surface area contributed by atoms with Gasteiger partial charge in [0.1, 0.15) is 6.10 Å². The molecule has 0 unspecified atom stereocenters. The Balaban J connectivity index is 1.81. The van der Waals surface area contributed by atoms with Gasteiger partial charge in [-0.2, -0.15) is 0 Å². The van der Waals surface area contributed by atoms with E-state index in [1.54, 1.807) is 11.9 Å². The molecule has 0 N–H and O–H groups in total. The largest absolute Gasteiger partial charge is 0.456 e. The van der Waals surface area contributed by atoms with Crippen molar-refractivity contribution in [2.75, 3.05) is 13.6 Å². The topological polar surface area (TPSA) is 46.6 Å². The van der Waals surface area contributed by atoms with E-state index in [2.05, 4.69) is 0 Å². The lowest BCUT2D eigenvalue weighted by atomic mass is 9.94. The second-order valence-corrected chi connectivity index (χ2v) is 7.82. The third-order valence-corrected chi connectivity index (χ3v) is 5.36. The minimum atomic E-state index is -0.475. The van der Waals surface area contributed by atoms with Gasteiger partial charge in [-0.25, -0.2) is 0 Å². The van der Waals surface area contributed by atoms with E-state index in [-0.39, 0.29) is 17.8 Å². The maximum atomic E-state index is 13.2. The number of benzene rings is 2. The second-order valence-electron chi connectivity index (χ2n) is 7.38. The SMILES string of the molecule is CN1C[C@@H](c2ccccc2)OC(=O)CC/C=C/C[C@@H](Cc2ccc(Cl)cc2)C1=O. The van der Waals surface area contributed by atoms with Crippen LogP contribution in [0.15, 0.2) is 66.7 Å². The van der Waals surface area contributed by atoms with Gasteiger partial charge in [0.2, 0.25) is 5.91 Å². The summed E-state index contributed by atoms with van der Waals surface area (Å²) in [7, 11) is 1.77. The number of carbonyl (C=O) groups is 2. The van der Waals surface area contributed by atoms with E-state index in [9.17, 15) is 9.59 Å². The molecule has 2 aromatic carbocycles. The molecule has 29 heavy (non-hydrogen) atoms. The van der Waals surface area contributed by atoms with Crippen LogP contribution in [0.3, 0.4) is 0 Å². The Hall–Kier alpha value is -2.59. The molecule has 0 bridgehead atoms. The number of esters is 1. The molecule has 5 heteroatoms. The number of cyclic esters (lactones) is 1. The number of halogens is 1. The van der Waals surface area contributed by atoms with Gasteiger partial charge < -0.3 is 9.64 Å². The minimum Gasteiger partial charge on any atom is -0.456 e. The molecule has 4 nitrogen and oxygen atoms in total. The normalized spacial score (nSPS) is 22.3. The molecule has 1 amide bonds. The summed E-state index contributed by atoms with van der Waals surface area (Å²) in [6, 6.07) is 17.2. The van der Waals surface area contributed by atoms with Gasteiger partial charge >= 0.3 is 5.97 Å². The molecule has 0 fully saturated rings. The summed E-state index contributed by atoms with van der Waals surface area (Å²) in [5.74, 6) is -0.381. The van der Waals surface area contributed by atoms with Crippen LogP contribution in [0.2, 0.25) is 5.02 Å². The lowest BCUT2D eigenvalue weighted by Gasteiger charge is -2.28. The third kappa shape index (κ3) is 6.20. The number of hydrogen-bond donors (Lipinski definition) is 0. The van der Waals surface area contributed by atoms with Crippen LogP contribution in [0.4, 0.5) is 0 Å². The average Bonchev–Trinajstić information content (AvgIpc) is 2.73. The lowest BCUT2D eigenvalue weighted by Crippen LogP contribution is -2.37. The van der Waals surface area contributed by atoms with E-state index in [4.69, 9.17) is 16.3 Å². The van der Waals surface area contributed by atoms with E-state index in [1.165, 1.54) is 0 Å². The van der Waals surface area contributed by atoms with E-state index in [1.807, 2.05) is 66.7 Å². The average molecular weight is 412 g/mol. The van der Waals surface area contributed by atoms with Gasteiger partial charge in [0.15, 0.2) is 0 Å². The molecule has 1 aliphatic heterocycles. The van der Waals surface area contributed by atoms with Crippen LogP contribution < -0.4 is 0 Å².